The number of hydrogen-bond acceptors (Lipinski definition) is 2. The third kappa shape index (κ3) is 2.90. The standard InChI is InChI=1S/C12H17N5/c1-14-12(13)17-7-6-15-10-2-3-11-9(8-10)4-5-16-11/h2-5,8,15-16H,6-7H2,1H3,(H3,13,14,17). The van der Waals surface area contributed by atoms with E-state index in [1.807, 2.05) is 6.20 Å². The monoisotopic (exact) mass is 231 g/mol. The maximum Gasteiger partial charge on any atom is 0.188 e. The summed E-state index contributed by atoms with van der Waals surface area (Å²) in [5, 5.41) is 7.52. The van der Waals surface area contributed by atoms with Crippen LogP contribution < -0.4 is 16.4 Å². The van der Waals surface area contributed by atoms with E-state index in [1.54, 1.807) is 7.05 Å². The molecule has 90 valence electrons. The quantitative estimate of drug-likeness (QED) is 0.362. The predicted molar refractivity (Wildman–Crippen MR) is 72.3 cm³/mol. The molecule has 5 nitrogen and oxygen atoms in total. The summed E-state index contributed by atoms with van der Waals surface area (Å²) in [6, 6.07) is 8.28. The van der Waals surface area contributed by atoms with Gasteiger partial charge in [-0.3, -0.25) is 4.99 Å². The molecule has 0 bridgehead atoms. The van der Waals surface area contributed by atoms with Gasteiger partial charge < -0.3 is 21.4 Å². The second kappa shape index (κ2) is 5.25. The highest BCUT2D eigenvalue weighted by atomic mass is 15.1. The molecule has 0 atom stereocenters. The van der Waals surface area contributed by atoms with Crippen molar-refractivity contribution in [2.45, 2.75) is 0 Å². The van der Waals surface area contributed by atoms with Gasteiger partial charge in [-0.25, -0.2) is 0 Å². The number of fused-ring (bicyclic) bond motifs is 1. The van der Waals surface area contributed by atoms with E-state index in [4.69, 9.17) is 5.73 Å². The van der Waals surface area contributed by atoms with Crippen molar-refractivity contribution >= 4 is 22.5 Å². The van der Waals surface area contributed by atoms with Crippen molar-refractivity contribution in [3.05, 3.63) is 30.5 Å². The van der Waals surface area contributed by atoms with Gasteiger partial charge in [0, 0.05) is 42.9 Å². The SMILES string of the molecule is CN=C(N)NCCNc1ccc2[nH]ccc2c1. The lowest BCUT2D eigenvalue weighted by molar-refractivity contribution is 0.895. The Morgan fingerprint density at radius 3 is 3.06 bits per heavy atom. The second-order valence-electron chi connectivity index (χ2n) is 3.74. The highest BCUT2D eigenvalue weighted by Crippen LogP contribution is 2.17. The van der Waals surface area contributed by atoms with Gasteiger partial charge in [-0.05, 0) is 24.3 Å². The van der Waals surface area contributed by atoms with Crippen LogP contribution in [0.25, 0.3) is 10.9 Å². The van der Waals surface area contributed by atoms with Crippen molar-refractivity contribution in [3.8, 4) is 0 Å². The summed E-state index contributed by atoms with van der Waals surface area (Å²) in [4.78, 5) is 6.98. The Kier molecular flexibility index (Phi) is 3.49. The highest BCUT2D eigenvalue weighted by molar-refractivity contribution is 5.83. The van der Waals surface area contributed by atoms with Crippen LogP contribution in [0.15, 0.2) is 35.5 Å². The Morgan fingerprint density at radius 2 is 2.24 bits per heavy atom. The average Bonchev–Trinajstić information content (AvgIpc) is 2.81. The van der Waals surface area contributed by atoms with Crippen molar-refractivity contribution in [1.29, 1.82) is 0 Å². The van der Waals surface area contributed by atoms with Gasteiger partial charge in [-0.15, -0.1) is 0 Å². The summed E-state index contributed by atoms with van der Waals surface area (Å²) in [5.41, 5.74) is 7.77. The molecule has 1 aromatic heterocycles. The van der Waals surface area contributed by atoms with Crippen LogP contribution in [-0.2, 0) is 0 Å². The fraction of sp³-hybridized carbons (Fsp3) is 0.250. The molecule has 0 aliphatic rings. The first-order valence-electron chi connectivity index (χ1n) is 5.57. The van der Waals surface area contributed by atoms with Crippen LogP contribution in [0.2, 0.25) is 0 Å². The van der Waals surface area contributed by atoms with Gasteiger partial charge in [-0.1, -0.05) is 0 Å². The minimum Gasteiger partial charge on any atom is -0.383 e. The number of benzene rings is 1. The smallest absolute Gasteiger partial charge is 0.188 e. The molecule has 0 fully saturated rings. The van der Waals surface area contributed by atoms with Crippen molar-refractivity contribution in [2.75, 3.05) is 25.5 Å². The summed E-state index contributed by atoms with van der Waals surface area (Å²) in [5.74, 6) is 0.466. The van der Waals surface area contributed by atoms with Gasteiger partial charge in [0.2, 0.25) is 0 Å². The third-order valence-electron chi connectivity index (χ3n) is 2.55. The van der Waals surface area contributed by atoms with Gasteiger partial charge in [-0.2, -0.15) is 0 Å². The molecule has 1 aromatic carbocycles. The molecule has 0 unspecified atom stereocenters. The van der Waals surface area contributed by atoms with Gasteiger partial charge in [0.05, 0.1) is 0 Å². The summed E-state index contributed by atoms with van der Waals surface area (Å²) < 4.78 is 0. The van der Waals surface area contributed by atoms with Gasteiger partial charge in [0.25, 0.3) is 0 Å². The molecule has 5 heteroatoms. The molecule has 0 amide bonds. The van der Waals surface area contributed by atoms with E-state index in [1.165, 1.54) is 5.39 Å². The Morgan fingerprint density at radius 1 is 1.35 bits per heavy atom. The fourth-order valence-electron chi connectivity index (χ4n) is 1.64. The zero-order valence-corrected chi connectivity index (χ0v) is 9.83. The Balaban J connectivity index is 1.86. The molecule has 0 aliphatic heterocycles. The highest BCUT2D eigenvalue weighted by Gasteiger charge is 1.96. The van der Waals surface area contributed by atoms with Crippen LogP contribution >= 0.6 is 0 Å². The van der Waals surface area contributed by atoms with E-state index in [0.29, 0.717) is 5.96 Å². The Hall–Kier alpha value is -2.17. The number of aliphatic imine (C=N–C) groups is 1. The molecule has 2 aromatic rings. The van der Waals surface area contributed by atoms with Crippen LogP contribution in [-0.4, -0.2) is 31.1 Å². The minimum absolute atomic E-state index is 0.466. The lowest BCUT2D eigenvalue weighted by Crippen LogP contribution is -2.34. The molecule has 0 radical (unpaired) electrons. The molecular formula is C12H17N5. The maximum absolute atomic E-state index is 5.52. The van der Waals surface area contributed by atoms with E-state index in [9.17, 15) is 0 Å². The average molecular weight is 231 g/mol. The number of nitrogens with zero attached hydrogens (tertiary/aromatic N) is 1. The third-order valence-corrected chi connectivity index (χ3v) is 2.55. The molecule has 0 spiro atoms. The lowest BCUT2D eigenvalue weighted by atomic mass is 10.2. The largest absolute Gasteiger partial charge is 0.383 e. The molecule has 5 N–H and O–H groups in total. The first-order valence-corrected chi connectivity index (χ1v) is 5.57. The summed E-state index contributed by atoms with van der Waals surface area (Å²) >= 11 is 0. The molecule has 17 heavy (non-hydrogen) atoms. The van der Waals surface area contributed by atoms with Gasteiger partial charge in [0.15, 0.2) is 5.96 Å². The predicted octanol–water partition coefficient (Wildman–Crippen LogP) is 1.11. The Labute approximate surface area is 100 Å². The zero-order chi connectivity index (χ0) is 12.1. The number of nitrogens with two attached hydrogens (primary N) is 1. The number of aromatic nitrogens is 1. The number of anilines is 1. The number of hydrogen-bond donors (Lipinski definition) is 4. The maximum atomic E-state index is 5.52. The number of rotatable bonds is 4. The van der Waals surface area contributed by atoms with E-state index in [2.05, 4.69) is 44.9 Å². The van der Waals surface area contributed by atoms with Crippen molar-refractivity contribution in [3.63, 3.8) is 0 Å². The second-order valence-corrected chi connectivity index (χ2v) is 3.74. The molecular weight excluding hydrogens is 214 g/mol. The minimum atomic E-state index is 0.466. The van der Waals surface area contributed by atoms with E-state index >= 15 is 0 Å². The van der Waals surface area contributed by atoms with E-state index in [0.717, 1.165) is 24.3 Å². The number of aromatic amines is 1. The first-order chi connectivity index (χ1) is 8.29. The molecule has 0 saturated carbocycles. The molecule has 2 rings (SSSR count). The van der Waals surface area contributed by atoms with Crippen LogP contribution in [0.3, 0.4) is 0 Å². The van der Waals surface area contributed by atoms with Crippen LogP contribution in [0, 0.1) is 0 Å². The van der Waals surface area contributed by atoms with E-state index < -0.39 is 0 Å². The lowest BCUT2D eigenvalue weighted by Gasteiger charge is -2.08. The number of guanidine groups is 1. The summed E-state index contributed by atoms with van der Waals surface area (Å²) in [6.45, 7) is 1.54. The van der Waals surface area contributed by atoms with Crippen molar-refractivity contribution in [2.24, 2.45) is 10.7 Å². The number of nitrogens with one attached hydrogen (secondary N) is 3. The van der Waals surface area contributed by atoms with Gasteiger partial charge >= 0.3 is 0 Å². The number of H-pyrrole nitrogens is 1. The van der Waals surface area contributed by atoms with Gasteiger partial charge in [0.1, 0.15) is 0 Å². The molecule has 1 heterocycles. The van der Waals surface area contributed by atoms with E-state index in [-0.39, 0.29) is 0 Å². The normalized spacial score (nSPS) is 11.7. The zero-order valence-electron chi connectivity index (χ0n) is 9.83. The van der Waals surface area contributed by atoms with Crippen molar-refractivity contribution < 1.29 is 0 Å². The molecule has 0 saturated heterocycles. The van der Waals surface area contributed by atoms with Crippen LogP contribution in [0.1, 0.15) is 0 Å². The Bertz CT molecular complexity index is 514. The first kappa shape index (κ1) is 11.3. The fourth-order valence-corrected chi connectivity index (χ4v) is 1.64. The van der Waals surface area contributed by atoms with Crippen LogP contribution in [0.4, 0.5) is 5.69 Å². The molecule has 0 aliphatic carbocycles. The van der Waals surface area contributed by atoms with Crippen LogP contribution in [0.5, 0.6) is 0 Å². The van der Waals surface area contributed by atoms with Crippen molar-refractivity contribution in [1.82, 2.24) is 10.3 Å². The summed E-state index contributed by atoms with van der Waals surface area (Å²) in [6.07, 6.45) is 1.94. The summed E-state index contributed by atoms with van der Waals surface area (Å²) in [7, 11) is 1.66. The topological polar surface area (TPSA) is 78.2 Å².